The molecule has 210 valence electrons. The Morgan fingerprint density at radius 2 is 1.82 bits per heavy atom. The summed E-state index contributed by atoms with van der Waals surface area (Å²) >= 11 is 6.52. The molecule has 0 saturated carbocycles. The number of ether oxygens (including phenoxy) is 2. The third kappa shape index (κ3) is 4.70. The highest BCUT2D eigenvalue weighted by Gasteiger charge is 2.75. The van der Waals surface area contributed by atoms with Gasteiger partial charge in [0, 0.05) is 19.7 Å². The molecule has 0 aromatic heterocycles. The van der Waals surface area contributed by atoms with Crippen LogP contribution < -0.4 is 4.90 Å². The van der Waals surface area contributed by atoms with Crippen molar-refractivity contribution in [3.63, 3.8) is 0 Å². The van der Waals surface area contributed by atoms with Crippen LogP contribution in [0.4, 0.5) is 5.69 Å². The number of hydrogen-bond acceptors (Lipinski definition) is 6. The van der Waals surface area contributed by atoms with Crippen LogP contribution in [0, 0.1) is 11.8 Å². The maximum Gasteiger partial charge on any atom is 0.313 e. The van der Waals surface area contributed by atoms with Crippen molar-refractivity contribution in [2.75, 3.05) is 31.2 Å². The third-order valence-electron chi connectivity index (χ3n) is 8.58. The van der Waals surface area contributed by atoms with Gasteiger partial charge in [0.05, 0.1) is 23.2 Å². The molecule has 0 bridgehead atoms. The van der Waals surface area contributed by atoms with E-state index >= 15 is 0 Å². The van der Waals surface area contributed by atoms with E-state index in [1.807, 2.05) is 43.4 Å². The van der Waals surface area contributed by atoms with Crippen LogP contribution in [-0.2, 0) is 23.9 Å². The topological polar surface area (TPSA) is 96.4 Å². The van der Waals surface area contributed by atoms with Gasteiger partial charge in [-0.1, -0.05) is 67.8 Å². The number of esters is 1. The normalized spacial score (nSPS) is 33.0. The monoisotopic (exact) mass is 556 g/mol. The fourth-order valence-electron chi connectivity index (χ4n) is 6.75. The molecule has 4 heterocycles. The molecular formula is C30H37ClN2O6. The van der Waals surface area contributed by atoms with E-state index in [9.17, 15) is 14.4 Å². The summed E-state index contributed by atoms with van der Waals surface area (Å²) in [6, 6.07) is 6.20. The van der Waals surface area contributed by atoms with Crippen LogP contribution in [0.25, 0.3) is 0 Å². The highest BCUT2D eigenvalue weighted by atomic mass is 35.5. The zero-order valence-electron chi connectivity index (χ0n) is 22.4. The molecule has 2 amide bonds. The summed E-state index contributed by atoms with van der Waals surface area (Å²) in [7, 11) is 0. The fraction of sp³-hybridized carbons (Fsp3) is 0.567. The van der Waals surface area contributed by atoms with Crippen molar-refractivity contribution in [2.45, 2.75) is 69.1 Å². The van der Waals surface area contributed by atoms with Crippen LogP contribution in [0.3, 0.4) is 0 Å². The molecule has 9 heteroatoms. The number of likely N-dealkylation sites (tertiary alicyclic amines) is 1. The Hall–Kier alpha value is -2.68. The summed E-state index contributed by atoms with van der Waals surface area (Å²) in [5.74, 6) is -2.74. The Kier molecular flexibility index (Phi) is 8.17. The SMILES string of the molecule is CC[C@@]12/C=C\CCCOC(=O)[C@@H]1[C@H]1C(=O)N(CCCCCCO)C3C(=O)N(c4ccccc4Cl)CC=C[C@@]31O2. The van der Waals surface area contributed by atoms with E-state index in [1.165, 1.54) is 0 Å². The Morgan fingerprint density at radius 3 is 2.59 bits per heavy atom. The summed E-state index contributed by atoms with van der Waals surface area (Å²) in [5, 5.41) is 9.59. The molecule has 4 aliphatic rings. The summed E-state index contributed by atoms with van der Waals surface area (Å²) in [6.45, 7) is 2.96. The number of unbranched alkanes of at least 4 members (excludes halogenated alkanes) is 3. The van der Waals surface area contributed by atoms with Crippen molar-refractivity contribution in [3.05, 3.63) is 53.6 Å². The molecule has 0 radical (unpaired) electrons. The number of carbonyl (C=O) groups excluding carboxylic acids is 3. The van der Waals surface area contributed by atoms with Gasteiger partial charge in [-0.2, -0.15) is 0 Å². The third-order valence-corrected chi connectivity index (χ3v) is 8.90. The summed E-state index contributed by atoms with van der Waals surface area (Å²) in [5.41, 5.74) is -1.81. The average Bonchev–Trinajstić information content (AvgIpc) is 3.30. The second kappa shape index (κ2) is 11.4. The smallest absolute Gasteiger partial charge is 0.313 e. The highest BCUT2D eigenvalue weighted by molar-refractivity contribution is 6.34. The van der Waals surface area contributed by atoms with E-state index in [0.717, 1.165) is 19.3 Å². The molecule has 39 heavy (non-hydrogen) atoms. The van der Waals surface area contributed by atoms with E-state index < -0.39 is 35.0 Å². The number of rotatable bonds is 8. The highest BCUT2D eigenvalue weighted by Crippen LogP contribution is 2.58. The molecule has 0 aliphatic carbocycles. The first-order valence-electron chi connectivity index (χ1n) is 14.1. The van der Waals surface area contributed by atoms with Gasteiger partial charge in [0.25, 0.3) is 5.91 Å². The quantitative estimate of drug-likeness (QED) is 0.295. The first kappa shape index (κ1) is 27.9. The number of hydrogen-bond donors (Lipinski definition) is 1. The van der Waals surface area contributed by atoms with Gasteiger partial charge in [0.15, 0.2) is 0 Å². The van der Waals surface area contributed by atoms with Gasteiger partial charge in [-0.15, -0.1) is 0 Å². The number of carbonyl (C=O) groups is 3. The van der Waals surface area contributed by atoms with Crippen LogP contribution >= 0.6 is 11.6 Å². The van der Waals surface area contributed by atoms with Crippen molar-refractivity contribution in [1.29, 1.82) is 0 Å². The minimum atomic E-state index is -1.32. The Bertz CT molecular complexity index is 1170. The fourth-order valence-corrected chi connectivity index (χ4v) is 6.99. The Labute approximate surface area is 234 Å². The number of para-hydroxylation sites is 1. The van der Waals surface area contributed by atoms with Gasteiger partial charge in [-0.05, 0) is 44.2 Å². The number of aliphatic hydroxyl groups is 1. The minimum absolute atomic E-state index is 0.122. The van der Waals surface area contributed by atoms with Crippen molar-refractivity contribution in [3.8, 4) is 0 Å². The van der Waals surface area contributed by atoms with Gasteiger partial charge in [-0.3, -0.25) is 14.4 Å². The van der Waals surface area contributed by atoms with Gasteiger partial charge in [-0.25, -0.2) is 0 Å². The molecule has 1 spiro atoms. The summed E-state index contributed by atoms with van der Waals surface area (Å²) in [4.78, 5) is 45.6. The van der Waals surface area contributed by atoms with Crippen molar-refractivity contribution < 1.29 is 29.0 Å². The first-order chi connectivity index (χ1) is 18.9. The second-order valence-electron chi connectivity index (χ2n) is 10.8. The molecule has 1 aromatic carbocycles. The maximum atomic E-state index is 14.5. The molecule has 5 rings (SSSR count). The number of benzene rings is 1. The number of nitrogens with zero attached hydrogens (tertiary/aromatic N) is 2. The first-order valence-corrected chi connectivity index (χ1v) is 14.5. The molecule has 1 N–H and O–H groups in total. The van der Waals surface area contributed by atoms with Gasteiger partial charge in [0.2, 0.25) is 5.91 Å². The number of amides is 2. The molecule has 1 aromatic rings. The van der Waals surface area contributed by atoms with Crippen molar-refractivity contribution in [2.24, 2.45) is 11.8 Å². The lowest BCUT2D eigenvalue weighted by molar-refractivity contribution is -0.159. The van der Waals surface area contributed by atoms with E-state index in [1.54, 1.807) is 21.9 Å². The molecule has 4 aliphatic heterocycles. The maximum absolute atomic E-state index is 14.5. The number of allylic oxidation sites excluding steroid dienone is 1. The van der Waals surface area contributed by atoms with Crippen LogP contribution in [0.5, 0.6) is 0 Å². The average molecular weight is 557 g/mol. The van der Waals surface area contributed by atoms with E-state index in [0.29, 0.717) is 42.9 Å². The van der Waals surface area contributed by atoms with Crippen molar-refractivity contribution >= 4 is 35.1 Å². The zero-order valence-corrected chi connectivity index (χ0v) is 23.1. The molecular weight excluding hydrogens is 520 g/mol. The zero-order chi connectivity index (χ0) is 27.6. The number of cyclic esters (lactones) is 1. The van der Waals surface area contributed by atoms with Gasteiger partial charge in [0.1, 0.15) is 23.2 Å². The largest absolute Gasteiger partial charge is 0.465 e. The number of halogens is 1. The Morgan fingerprint density at radius 1 is 1.03 bits per heavy atom. The number of fused-ring (bicyclic) bond motifs is 2. The lowest BCUT2D eigenvalue weighted by atomic mass is 9.73. The van der Waals surface area contributed by atoms with Gasteiger partial charge < -0.3 is 24.4 Å². The second-order valence-corrected chi connectivity index (χ2v) is 11.2. The predicted octanol–water partition coefficient (Wildman–Crippen LogP) is 4.05. The summed E-state index contributed by atoms with van der Waals surface area (Å²) < 4.78 is 12.6. The van der Waals surface area contributed by atoms with Crippen LogP contribution in [0.1, 0.15) is 51.9 Å². The molecule has 8 nitrogen and oxygen atoms in total. The van der Waals surface area contributed by atoms with Crippen LogP contribution in [0.15, 0.2) is 48.6 Å². The molecule has 5 atom stereocenters. The molecule has 1 unspecified atom stereocenters. The predicted molar refractivity (Wildman–Crippen MR) is 147 cm³/mol. The lowest BCUT2D eigenvalue weighted by Gasteiger charge is -2.38. The molecule has 2 fully saturated rings. The van der Waals surface area contributed by atoms with E-state index in [-0.39, 0.29) is 31.6 Å². The number of aliphatic hydroxyl groups excluding tert-OH is 1. The summed E-state index contributed by atoms with van der Waals surface area (Å²) in [6.07, 6.45) is 12.5. The standard InChI is InChI=1S/C30H37ClN2O6/c1-2-29-15-8-5-11-20-38-28(37)24(29)23-26(35)33(17-9-3-4-10-19-34)25-27(36)32(18-12-16-30(23,25)39-29)22-14-7-6-13-21(22)31/h6-8,12-16,23-25,34H,2-5,9-11,17-20H2,1H3/b15-8-/t23-,24-,25?,29+,30-/m0/s1. The van der Waals surface area contributed by atoms with E-state index in [2.05, 4.69) is 0 Å². The Balaban J connectivity index is 1.60. The van der Waals surface area contributed by atoms with Crippen molar-refractivity contribution in [1.82, 2.24) is 4.90 Å². The van der Waals surface area contributed by atoms with Crippen LogP contribution in [0.2, 0.25) is 5.02 Å². The lowest BCUT2D eigenvalue weighted by Crippen LogP contribution is -2.56. The van der Waals surface area contributed by atoms with E-state index in [4.69, 9.17) is 26.2 Å². The number of anilines is 1. The minimum Gasteiger partial charge on any atom is -0.465 e. The van der Waals surface area contributed by atoms with Gasteiger partial charge >= 0.3 is 5.97 Å². The van der Waals surface area contributed by atoms with Crippen LogP contribution in [-0.4, -0.2) is 71.3 Å². The molecule has 2 saturated heterocycles.